The van der Waals surface area contributed by atoms with Gasteiger partial charge in [0.2, 0.25) is 0 Å². The topological polar surface area (TPSA) is 58.6 Å². The first-order valence-electron chi connectivity index (χ1n) is 7.17. The molecule has 0 fully saturated rings. The smallest absolute Gasteiger partial charge is 0.407 e. The minimum absolute atomic E-state index is 0.184. The van der Waals surface area contributed by atoms with E-state index < -0.39 is 6.09 Å². The number of para-hydroxylation sites is 1. The molecule has 116 valence electrons. The fraction of sp³-hybridized carbons (Fsp3) is 0.278. The summed E-state index contributed by atoms with van der Waals surface area (Å²) in [6.45, 7) is 5.87. The molecule has 0 aliphatic rings. The number of rotatable bonds is 3. The van der Waals surface area contributed by atoms with Crippen molar-refractivity contribution in [1.29, 1.82) is 0 Å². The Balaban J connectivity index is 2.07. The SMILES string of the molecule is CC(C)(C)NC(=O)OCc1cccc(-c2ccccc2O)c1. The quantitative estimate of drug-likeness (QED) is 0.897. The predicted molar refractivity (Wildman–Crippen MR) is 86.6 cm³/mol. The van der Waals surface area contributed by atoms with Gasteiger partial charge in [-0.1, -0.05) is 36.4 Å². The van der Waals surface area contributed by atoms with Crippen molar-refractivity contribution in [3.63, 3.8) is 0 Å². The second kappa shape index (κ2) is 6.52. The molecule has 4 heteroatoms. The first-order valence-corrected chi connectivity index (χ1v) is 7.17. The first kappa shape index (κ1) is 15.9. The van der Waals surface area contributed by atoms with Gasteiger partial charge >= 0.3 is 6.09 Å². The van der Waals surface area contributed by atoms with Gasteiger partial charge in [-0.15, -0.1) is 0 Å². The summed E-state index contributed by atoms with van der Waals surface area (Å²) in [5.74, 6) is 0.228. The minimum Gasteiger partial charge on any atom is -0.507 e. The molecule has 0 saturated carbocycles. The molecule has 0 atom stereocenters. The van der Waals surface area contributed by atoms with Gasteiger partial charge < -0.3 is 15.2 Å². The highest BCUT2D eigenvalue weighted by Gasteiger charge is 2.14. The second-order valence-corrected chi connectivity index (χ2v) is 6.17. The molecule has 0 spiro atoms. The Morgan fingerprint density at radius 1 is 1.14 bits per heavy atom. The number of aromatic hydroxyl groups is 1. The van der Waals surface area contributed by atoms with E-state index in [0.717, 1.165) is 16.7 Å². The van der Waals surface area contributed by atoms with Crippen LogP contribution < -0.4 is 5.32 Å². The Hall–Kier alpha value is -2.49. The fourth-order valence-corrected chi connectivity index (χ4v) is 2.04. The molecule has 4 nitrogen and oxygen atoms in total. The summed E-state index contributed by atoms with van der Waals surface area (Å²) in [7, 11) is 0. The molecule has 2 rings (SSSR count). The number of phenolic OH excluding ortho intramolecular Hbond substituents is 1. The van der Waals surface area contributed by atoms with E-state index in [-0.39, 0.29) is 17.9 Å². The number of carbonyl (C=O) groups is 1. The summed E-state index contributed by atoms with van der Waals surface area (Å²) in [5.41, 5.74) is 2.18. The lowest BCUT2D eigenvalue weighted by Gasteiger charge is -2.20. The summed E-state index contributed by atoms with van der Waals surface area (Å²) < 4.78 is 5.21. The van der Waals surface area contributed by atoms with Crippen LogP contribution in [0.3, 0.4) is 0 Å². The monoisotopic (exact) mass is 299 g/mol. The maximum atomic E-state index is 11.7. The lowest BCUT2D eigenvalue weighted by atomic mass is 10.0. The highest BCUT2D eigenvalue weighted by molar-refractivity contribution is 5.71. The molecule has 2 aromatic carbocycles. The van der Waals surface area contributed by atoms with Crippen LogP contribution in [0.4, 0.5) is 4.79 Å². The van der Waals surface area contributed by atoms with Crippen LogP contribution in [0.15, 0.2) is 48.5 Å². The molecule has 0 aromatic heterocycles. The summed E-state index contributed by atoms with van der Waals surface area (Å²) in [6, 6.07) is 14.7. The highest BCUT2D eigenvalue weighted by Crippen LogP contribution is 2.29. The molecule has 2 aromatic rings. The van der Waals surface area contributed by atoms with E-state index in [1.165, 1.54) is 0 Å². The maximum absolute atomic E-state index is 11.7. The molecule has 0 heterocycles. The van der Waals surface area contributed by atoms with Crippen LogP contribution >= 0.6 is 0 Å². The molecule has 0 saturated heterocycles. The van der Waals surface area contributed by atoms with Gasteiger partial charge in [-0.25, -0.2) is 4.79 Å². The van der Waals surface area contributed by atoms with E-state index in [4.69, 9.17) is 4.74 Å². The Labute approximate surface area is 130 Å². The Kier molecular flexibility index (Phi) is 4.71. The van der Waals surface area contributed by atoms with E-state index in [0.29, 0.717) is 0 Å². The molecule has 0 bridgehead atoms. The maximum Gasteiger partial charge on any atom is 0.407 e. The number of hydrogen-bond donors (Lipinski definition) is 2. The molecule has 0 aliphatic heterocycles. The second-order valence-electron chi connectivity index (χ2n) is 6.17. The van der Waals surface area contributed by atoms with Crippen molar-refractivity contribution in [3.05, 3.63) is 54.1 Å². The zero-order valence-corrected chi connectivity index (χ0v) is 13.1. The summed E-state index contributed by atoms with van der Waals surface area (Å²) in [5, 5.41) is 12.6. The lowest BCUT2D eigenvalue weighted by Crippen LogP contribution is -2.40. The number of phenols is 1. The van der Waals surface area contributed by atoms with Gasteiger partial charge in [-0.3, -0.25) is 0 Å². The Morgan fingerprint density at radius 3 is 2.55 bits per heavy atom. The normalized spacial score (nSPS) is 11.0. The third-order valence-corrected chi connectivity index (χ3v) is 2.99. The van der Waals surface area contributed by atoms with Crippen molar-refractivity contribution in [2.45, 2.75) is 32.9 Å². The van der Waals surface area contributed by atoms with Crippen LogP contribution in [0, 0.1) is 0 Å². The third kappa shape index (κ3) is 4.52. The van der Waals surface area contributed by atoms with Crippen molar-refractivity contribution in [2.24, 2.45) is 0 Å². The number of alkyl carbamates (subject to hydrolysis) is 1. The Morgan fingerprint density at radius 2 is 1.86 bits per heavy atom. The van der Waals surface area contributed by atoms with E-state index in [1.54, 1.807) is 12.1 Å². The molecule has 0 aliphatic carbocycles. The average molecular weight is 299 g/mol. The standard InChI is InChI=1S/C18H21NO3/c1-18(2,3)19-17(21)22-12-13-7-6-8-14(11-13)15-9-4-5-10-16(15)20/h4-11,20H,12H2,1-3H3,(H,19,21). The molecule has 2 N–H and O–H groups in total. The first-order chi connectivity index (χ1) is 10.3. The van der Waals surface area contributed by atoms with Gasteiger partial charge in [0.1, 0.15) is 12.4 Å². The third-order valence-electron chi connectivity index (χ3n) is 2.99. The molecule has 0 unspecified atom stereocenters. The van der Waals surface area contributed by atoms with Crippen LogP contribution in [0.2, 0.25) is 0 Å². The molecule has 1 amide bonds. The van der Waals surface area contributed by atoms with Gasteiger partial charge in [0.25, 0.3) is 0 Å². The van der Waals surface area contributed by atoms with Gasteiger partial charge in [0.05, 0.1) is 0 Å². The highest BCUT2D eigenvalue weighted by atomic mass is 16.5. The van der Waals surface area contributed by atoms with Crippen LogP contribution in [0.5, 0.6) is 5.75 Å². The summed E-state index contributed by atoms with van der Waals surface area (Å²) >= 11 is 0. The van der Waals surface area contributed by atoms with Gasteiger partial charge in [-0.05, 0) is 44.0 Å². The van der Waals surface area contributed by atoms with E-state index >= 15 is 0 Å². The van der Waals surface area contributed by atoms with Crippen LogP contribution in [0.1, 0.15) is 26.3 Å². The predicted octanol–water partition coefficient (Wildman–Crippen LogP) is 4.08. The van der Waals surface area contributed by atoms with Crippen molar-refractivity contribution in [1.82, 2.24) is 5.32 Å². The molecular formula is C18H21NO3. The minimum atomic E-state index is -0.444. The largest absolute Gasteiger partial charge is 0.507 e. The number of amides is 1. The number of ether oxygens (including phenoxy) is 1. The number of carbonyl (C=O) groups excluding carboxylic acids is 1. The van der Waals surface area contributed by atoms with Crippen LogP contribution in [-0.4, -0.2) is 16.7 Å². The van der Waals surface area contributed by atoms with E-state index in [9.17, 15) is 9.90 Å². The van der Waals surface area contributed by atoms with Crippen molar-refractivity contribution >= 4 is 6.09 Å². The zero-order valence-electron chi connectivity index (χ0n) is 13.1. The van der Waals surface area contributed by atoms with Gasteiger partial charge in [0, 0.05) is 11.1 Å². The summed E-state index contributed by atoms with van der Waals surface area (Å²) in [4.78, 5) is 11.7. The fourth-order valence-electron chi connectivity index (χ4n) is 2.04. The zero-order chi connectivity index (χ0) is 16.2. The van der Waals surface area contributed by atoms with E-state index in [2.05, 4.69) is 5.32 Å². The van der Waals surface area contributed by atoms with E-state index in [1.807, 2.05) is 57.2 Å². The van der Waals surface area contributed by atoms with Crippen molar-refractivity contribution in [2.75, 3.05) is 0 Å². The lowest BCUT2D eigenvalue weighted by molar-refractivity contribution is 0.131. The summed E-state index contributed by atoms with van der Waals surface area (Å²) in [6.07, 6.45) is -0.444. The molecule has 0 radical (unpaired) electrons. The molecule has 22 heavy (non-hydrogen) atoms. The van der Waals surface area contributed by atoms with Gasteiger partial charge in [-0.2, -0.15) is 0 Å². The molecular weight excluding hydrogens is 278 g/mol. The van der Waals surface area contributed by atoms with Crippen LogP contribution in [0.25, 0.3) is 11.1 Å². The number of hydrogen-bond acceptors (Lipinski definition) is 3. The van der Waals surface area contributed by atoms with Crippen molar-refractivity contribution < 1.29 is 14.6 Å². The number of benzene rings is 2. The van der Waals surface area contributed by atoms with Crippen LogP contribution in [-0.2, 0) is 11.3 Å². The Bertz CT molecular complexity index is 659. The number of nitrogens with one attached hydrogen (secondary N) is 1. The van der Waals surface area contributed by atoms with Crippen molar-refractivity contribution in [3.8, 4) is 16.9 Å². The van der Waals surface area contributed by atoms with Gasteiger partial charge in [0.15, 0.2) is 0 Å². The average Bonchev–Trinajstić information content (AvgIpc) is 2.44.